The Morgan fingerprint density at radius 1 is 1.44 bits per heavy atom. The van der Waals surface area contributed by atoms with Gasteiger partial charge < -0.3 is 9.88 Å². The molecule has 2 aromatic rings. The molecule has 2 aromatic heterocycles. The van der Waals surface area contributed by atoms with Crippen molar-refractivity contribution in [3.63, 3.8) is 0 Å². The molecule has 4 heteroatoms. The largest absolute Gasteiger partial charge is 0.344 e. The molecule has 2 heterocycles. The van der Waals surface area contributed by atoms with Crippen molar-refractivity contribution in [3.8, 4) is 0 Å². The number of nitrogens with one attached hydrogen (secondary N) is 1. The molecule has 0 aliphatic rings. The lowest BCUT2D eigenvalue weighted by Crippen LogP contribution is -2.17. The molecular formula is C14H22N4. The predicted octanol–water partition coefficient (Wildman–Crippen LogP) is 2.11. The zero-order chi connectivity index (χ0) is 13.1. The SMILES string of the molecule is CCc1cc(Cn2cccc2C(C)NC)n(C)n1. The number of aromatic nitrogens is 3. The van der Waals surface area contributed by atoms with Gasteiger partial charge in [0.25, 0.3) is 0 Å². The van der Waals surface area contributed by atoms with Gasteiger partial charge >= 0.3 is 0 Å². The zero-order valence-electron chi connectivity index (χ0n) is 11.6. The van der Waals surface area contributed by atoms with Gasteiger partial charge in [-0.1, -0.05) is 6.92 Å². The van der Waals surface area contributed by atoms with E-state index in [4.69, 9.17) is 0 Å². The lowest BCUT2D eigenvalue weighted by molar-refractivity contribution is 0.574. The third-order valence-electron chi connectivity index (χ3n) is 3.46. The van der Waals surface area contributed by atoms with Crippen LogP contribution in [-0.4, -0.2) is 21.4 Å². The van der Waals surface area contributed by atoms with E-state index in [-0.39, 0.29) is 0 Å². The summed E-state index contributed by atoms with van der Waals surface area (Å²) in [4.78, 5) is 0. The number of hydrogen-bond donors (Lipinski definition) is 1. The average molecular weight is 246 g/mol. The molecule has 0 radical (unpaired) electrons. The van der Waals surface area contributed by atoms with Crippen LogP contribution in [0.25, 0.3) is 0 Å². The first-order valence-electron chi connectivity index (χ1n) is 6.49. The first kappa shape index (κ1) is 12.9. The molecule has 1 N–H and O–H groups in total. The van der Waals surface area contributed by atoms with Crippen molar-refractivity contribution in [1.29, 1.82) is 0 Å². The standard InChI is InChI=1S/C14H22N4/c1-5-12-9-13(17(4)16-12)10-18-8-6-7-14(18)11(2)15-3/h6-9,11,15H,5,10H2,1-4H3. The van der Waals surface area contributed by atoms with Crippen LogP contribution >= 0.6 is 0 Å². The first-order valence-corrected chi connectivity index (χ1v) is 6.49. The van der Waals surface area contributed by atoms with Gasteiger partial charge in [0.15, 0.2) is 0 Å². The predicted molar refractivity (Wildman–Crippen MR) is 73.6 cm³/mol. The highest BCUT2D eigenvalue weighted by atomic mass is 15.3. The van der Waals surface area contributed by atoms with Crippen molar-refractivity contribution in [3.05, 3.63) is 41.5 Å². The van der Waals surface area contributed by atoms with Crippen LogP contribution in [0.1, 0.15) is 37.0 Å². The Morgan fingerprint density at radius 2 is 2.22 bits per heavy atom. The number of hydrogen-bond acceptors (Lipinski definition) is 2. The smallest absolute Gasteiger partial charge is 0.0642 e. The van der Waals surface area contributed by atoms with Crippen molar-refractivity contribution < 1.29 is 0 Å². The topological polar surface area (TPSA) is 34.8 Å². The summed E-state index contributed by atoms with van der Waals surface area (Å²) < 4.78 is 4.25. The van der Waals surface area contributed by atoms with E-state index in [1.54, 1.807) is 0 Å². The van der Waals surface area contributed by atoms with Crippen LogP contribution < -0.4 is 5.32 Å². The highest BCUT2D eigenvalue weighted by molar-refractivity contribution is 5.16. The second-order valence-electron chi connectivity index (χ2n) is 4.68. The van der Waals surface area contributed by atoms with Crippen molar-refractivity contribution in [2.24, 2.45) is 7.05 Å². The lowest BCUT2D eigenvalue weighted by Gasteiger charge is -2.14. The molecule has 0 aromatic carbocycles. The molecule has 0 bridgehead atoms. The van der Waals surface area contributed by atoms with Crippen molar-refractivity contribution in [1.82, 2.24) is 19.7 Å². The molecule has 0 saturated carbocycles. The Balaban J connectivity index is 2.23. The van der Waals surface area contributed by atoms with Crippen LogP contribution in [0.3, 0.4) is 0 Å². The number of rotatable bonds is 5. The fourth-order valence-corrected chi connectivity index (χ4v) is 2.18. The summed E-state index contributed by atoms with van der Waals surface area (Å²) >= 11 is 0. The molecule has 0 fully saturated rings. The Hall–Kier alpha value is -1.55. The fraction of sp³-hybridized carbons (Fsp3) is 0.500. The minimum absolute atomic E-state index is 0.360. The van der Waals surface area contributed by atoms with Gasteiger partial charge in [0.1, 0.15) is 0 Å². The molecule has 4 nitrogen and oxygen atoms in total. The van der Waals surface area contributed by atoms with Gasteiger partial charge in [-0.25, -0.2) is 0 Å². The second-order valence-corrected chi connectivity index (χ2v) is 4.68. The Morgan fingerprint density at radius 3 is 2.83 bits per heavy atom. The number of nitrogens with zero attached hydrogens (tertiary/aromatic N) is 3. The van der Waals surface area contributed by atoms with E-state index < -0.39 is 0 Å². The van der Waals surface area contributed by atoms with E-state index >= 15 is 0 Å². The second kappa shape index (κ2) is 5.40. The molecular weight excluding hydrogens is 224 g/mol. The molecule has 1 atom stereocenters. The first-order chi connectivity index (χ1) is 8.65. The van der Waals surface area contributed by atoms with E-state index in [9.17, 15) is 0 Å². The summed E-state index contributed by atoms with van der Waals surface area (Å²) in [7, 11) is 4.00. The summed E-state index contributed by atoms with van der Waals surface area (Å²) in [5.41, 5.74) is 3.70. The molecule has 98 valence electrons. The summed E-state index contributed by atoms with van der Waals surface area (Å²) in [6.45, 7) is 5.18. The van der Waals surface area contributed by atoms with Crippen molar-refractivity contribution >= 4 is 0 Å². The maximum Gasteiger partial charge on any atom is 0.0642 e. The monoisotopic (exact) mass is 246 g/mol. The van der Waals surface area contributed by atoms with Gasteiger partial charge in [-0.2, -0.15) is 5.10 Å². The Kier molecular flexibility index (Phi) is 3.87. The van der Waals surface area contributed by atoms with Crippen LogP contribution in [-0.2, 0) is 20.0 Å². The Labute approximate surface area is 109 Å². The average Bonchev–Trinajstić information content (AvgIpc) is 2.96. The molecule has 0 aliphatic heterocycles. The fourth-order valence-electron chi connectivity index (χ4n) is 2.18. The summed E-state index contributed by atoms with van der Waals surface area (Å²) in [5.74, 6) is 0. The zero-order valence-corrected chi connectivity index (χ0v) is 11.6. The van der Waals surface area contributed by atoms with Crippen molar-refractivity contribution in [2.75, 3.05) is 7.05 Å². The quantitative estimate of drug-likeness (QED) is 0.877. The van der Waals surface area contributed by atoms with Crippen LogP contribution in [0.4, 0.5) is 0 Å². The third-order valence-corrected chi connectivity index (χ3v) is 3.46. The van der Waals surface area contributed by atoms with E-state index in [2.05, 4.69) is 53.2 Å². The van der Waals surface area contributed by atoms with Gasteiger partial charge in [-0.05, 0) is 38.6 Å². The maximum absolute atomic E-state index is 4.49. The summed E-state index contributed by atoms with van der Waals surface area (Å²) in [6, 6.07) is 6.81. The van der Waals surface area contributed by atoms with Crippen LogP contribution in [0.2, 0.25) is 0 Å². The summed E-state index contributed by atoms with van der Waals surface area (Å²) in [6.07, 6.45) is 3.11. The third kappa shape index (κ3) is 2.48. The van der Waals surface area contributed by atoms with Gasteiger partial charge in [0.05, 0.1) is 17.9 Å². The number of aryl methyl sites for hydroxylation is 2. The van der Waals surface area contributed by atoms with Crippen LogP contribution in [0.15, 0.2) is 24.4 Å². The lowest BCUT2D eigenvalue weighted by atomic mass is 10.2. The van der Waals surface area contributed by atoms with E-state index in [1.807, 2.05) is 18.8 Å². The van der Waals surface area contributed by atoms with E-state index in [0.29, 0.717) is 6.04 Å². The van der Waals surface area contributed by atoms with Gasteiger partial charge in [-0.3, -0.25) is 4.68 Å². The maximum atomic E-state index is 4.49. The molecule has 0 amide bonds. The molecule has 0 aliphatic carbocycles. The minimum Gasteiger partial charge on any atom is -0.344 e. The van der Waals surface area contributed by atoms with E-state index in [1.165, 1.54) is 11.4 Å². The molecule has 2 rings (SSSR count). The summed E-state index contributed by atoms with van der Waals surface area (Å²) in [5, 5.41) is 7.77. The van der Waals surface area contributed by atoms with Crippen LogP contribution in [0.5, 0.6) is 0 Å². The van der Waals surface area contributed by atoms with Gasteiger partial charge in [-0.15, -0.1) is 0 Å². The molecule has 1 unspecified atom stereocenters. The minimum atomic E-state index is 0.360. The molecule has 18 heavy (non-hydrogen) atoms. The van der Waals surface area contributed by atoms with Gasteiger partial charge in [0, 0.05) is 25.0 Å². The Bertz CT molecular complexity index is 510. The van der Waals surface area contributed by atoms with Gasteiger partial charge in [0.2, 0.25) is 0 Å². The van der Waals surface area contributed by atoms with E-state index in [0.717, 1.165) is 18.7 Å². The highest BCUT2D eigenvalue weighted by Gasteiger charge is 2.10. The molecule has 0 saturated heterocycles. The molecule has 0 spiro atoms. The highest BCUT2D eigenvalue weighted by Crippen LogP contribution is 2.15. The van der Waals surface area contributed by atoms with Crippen molar-refractivity contribution in [2.45, 2.75) is 32.9 Å². The normalized spacial score (nSPS) is 12.9. The van der Waals surface area contributed by atoms with Crippen LogP contribution in [0, 0.1) is 0 Å².